The van der Waals surface area contributed by atoms with Crippen LogP contribution in [0.3, 0.4) is 0 Å². The van der Waals surface area contributed by atoms with Gasteiger partial charge in [-0.3, -0.25) is 9.10 Å². The van der Waals surface area contributed by atoms with Gasteiger partial charge in [-0.05, 0) is 47.9 Å². The monoisotopic (exact) mass is 448 g/mol. The topological polar surface area (TPSA) is 102 Å². The van der Waals surface area contributed by atoms with Gasteiger partial charge in [0, 0.05) is 17.4 Å². The zero-order chi connectivity index (χ0) is 22.1. The summed E-state index contributed by atoms with van der Waals surface area (Å²) in [7, 11) is 0.670. The van der Waals surface area contributed by atoms with E-state index in [4.69, 9.17) is 9.47 Å². The first-order valence-electron chi connectivity index (χ1n) is 8.69. The van der Waals surface area contributed by atoms with E-state index in [2.05, 4.69) is 5.32 Å². The summed E-state index contributed by atoms with van der Waals surface area (Å²) in [5, 5.41) is 3.57. The molecule has 30 heavy (non-hydrogen) atoms. The number of carbonyl (C=O) groups is 2. The molecule has 0 aliphatic carbocycles. The van der Waals surface area contributed by atoms with Gasteiger partial charge >= 0.3 is 5.97 Å². The summed E-state index contributed by atoms with van der Waals surface area (Å²) in [5.74, 6) is -0.570. The van der Waals surface area contributed by atoms with Crippen LogP contribution in [0.2, 0.25) is 0 Å². The second-order valence-electron chi connectivity index (χ2n) is 6.42. The van der Waals surface area contributed by atoms with Crippen molar-refractivity contribution in [1.29, 1.82) is 0 Å². The van der Waals surface area contributed by atoms with Crippen LogP contribution in [0.4, 0.5) is 11.4 Å². The number of ether oxygens (including phenoxy) is 2. The molecule has 1 heterocycles. The van der Waals surface area contributed by atoms with Crippen molar-refractivity contribution >= 4 is 54.7 Å². The van der Waals surface area contributed by atoms with Crippen LogP contribution in [0.25, 0.3) is 10.1 Å². The van der Waals surface area contributed by atoms with E-state index in [1.165, 1.54) is 44.7 Å². The van der Waals surface area contributed by atoms with Crippen LogP contribution in [-0.4, -0.2) is 47.8 Å². The lowest BCUT2D eigenvalue weighted by atomic mass is 10.1. The van der Waals surface area contributed by atoms with Crippen molar-refractivity contribution in [3.63, 3.8) is 0 Å². The minimum Gasteiger partial charge on any atom is -0.496 e. The van der Waals surface area contributed by atoms with E-state index < -0.39 is 21.9 Å². The average molecular weight is 449 g/mol. The van der Waals surface area contributed by atoms with Crippen LogP contribution in [0.1, 0.15) is 20.0 Å². The molecule has 3 aromatic rings. The third-order valence-electron chi connectivity index (χ3n) is 4.45. The Balaban J connectivity index is 1.92. The molecule has 0 unspecified atom stereocenters. The zero-order valence-corrected chi connectivity index (χ0v) is 18.4. The van der Waals surface area contributed by atoms with Crippen LogP contribution in [0, 0.1) is 0 Å². The van der Waals surface area contributed by atoms with E-state index in [0.717, 1.165) is 20.6 Å². The highest BCUT2D eigenvalue weighted by Crippen LogP contribution is 2.30. The van der Waals surface area contributed by atoms with E-state index in [1.807, 2.05) is 0 Å². The number of fused-ring (bicyclic) bond motifs is 1. The van der Waals surface area contributed by atoms with E-state index in [9.17, 15) is 18.0 Å². The average Bonchev–Trinajstić information content (AvgIpc) is 3.14. The van der Waals surface area contributed by atoms with Gasteiger partial charge in [-0.2, -0.15) is 0 Å². The minimum absolute atomic E-state index is 0.186. The fraction of sp³-hybridized carbons (Fsp3) is 0.200. The Morgan fingerprint density at radius 3 is 2.43 bits per heavy atom. The highest BCUT2D eigenvalue weighted by atomic mass is 32.2. The first kappa shape index (κ1) is 21.6. The molecule has 1 aromatic heterocycles. The Morgan fingerprint density at radius 1 is 1.07 bits per heavy atom. The standard InChI is InChI=1S/C20H20N2O6S2/c1-22(30(4,25)26)14-6-7-16(27-2)15(11-14)19(23)21-13-5-8-17-12(9-13)10-18(29-17)20(24)28-3/h5-11H,1-4H3,(H,21,23). The molecule has 0 radical (unpaired) electrons. The summed E-state index contributed by atoms with van der Waals surface area (Å²) in [6.07, 6.45) is 1.08. The van der Waals surface area contributed by atoms with Gasteiger partial charge in [0.1, 0.15) is 10.6 Å². The number of nitrogens with one attached hydrogen (secondary N) is 1. The summed E-state index contributed by atoms with van der Waals surface area (Å²) in [6.45, 7) is 0. The van der Waals surface area contributed by atoms with Crippen molar-refractivity contribution in [2.24, 2.45) is 0 Å². The number of nitrogens with zero attached hydrogens (tertiary/aromatic N) is 1. The molecule has 0 aliphatic rings. The molecule has 0 saturated carbocycles. The SMILES string of the molecule is COC(=O)c1cc2cc(NC(=O)c3cc(N(C)S(C)(=O)=O)ccc3OC)ccc2s1. The number of hydrogen-bond donors (Lipinski definition) is 1. The minimum atomic E-state index is -3.48. The number of methoxy groups -OCH3 is 2. The number of amides is 1. The summed E-state index contributed by atoms with van der Waals surface area (Å²) >= 11 is 1.30. The molecule has 0 bridgehead atoms. The van der Waals surface area contributed by atoms with Crippen molar-refractivity contribution in [3.05, 3.63) is 52.9 Å². The number of anilines is 2. The van der Waals surface area contributed by atoms with Crippen LogP contribution >= 0.6 is 11.3 Å². The molecule has 0 aliphatic heterocycles. The number of carbonyl (C=O) groups excluding carboxylic acids is 2. The maximum absolute atomic E-state index is 12.9. The molecule has 0 saturated heterocycles. The lowest BCUT2D eigenvalue weighted by Gasteiger charge is -2.18. The summed E-state index contributed by atoms with van der Waals surface area (Å²) in [6, 6.07) is 11.5. The molecule has 10 heteroatoms. The summed E-state index contributed by atoms with van der Waals surface area (Å²) < 4.78 is 35.6. The van der Waals surface area contributed by atoms with Crippen LogP contribution in [0.5, 0.6) is 5.75 Å². The van der Waals surface area contributed by atoms with Crippen molar-refractivity contribution in [2.45, 2.75) is 0 Å². The fourth-order valence-electron chi connectivity index (χ4n) is 2.78. The Hall–Kier alpha value is -3.11. The van der Waals surface area contributed by atoms with Crippen molar-refractivity contribution in [3.8, 4) is 5.75 Å². The molecule has 2 aromatic carbocycles. The Bertz CT molecular complexity index is 1230. The molecule has 0 fully saturated rings. The van der Waals surface area contributed by atoms with Gasteiger partial charge in [0.05, 0.1) is 31.7 Å². The second kappa shape index (κ2) is 8.33. The number of benzene rings is 2. The first-order valence-corrected chi connectivity index (χ1v) is 11.4. The molecule has 1 amide bonds. The molecule has 0 atom stereocenters. The van der Waals surface area contributed by atoms with Crippen molar-refractivity contribution < 1.29 is 27.5 Å². The van der Waals surface area contributed by atoms with Gasteiger partial charge in [-0.1, -0.05) is 0 Å². The van der Waals surface area contributed by atoms with Gasteiger partial charge in [0.15, 0.2) is 0 Å². The number of esters is 1. The van der Waals surface area contributed by atoms with Crippen LogP contribution < -0.4 is 14.4 Å². The Labute approximate surface area is 178 Å². The molecule has 3 rings (SSSR count). The van der Waals surface area contributed by atoms with Gasteiger partial charge in [0.25, 0.3) is 5.91 Å². The van der Waals surface area contributed by atoms with E-state index >= 15 is 0 Å². The van der Waals surface area contributed by atoms with E-state index in [-0.39, 0.29) is 5.56 Å². The molecular formula is C20H20N2O6S2. The molecule has 158 valence electrons. The molecule has 0 spiro atoms. The summed E-state index contributed by atoms with van der Waals surface area (Å²) in [5.41, 5.74) is 1.04. The zero-order valence-electron chi connectivity index (χ0n) is 16.8. The largest absolute Gasteiger partial charge is 0.496 e. The lowest BCUT2D eigenvalue weighted by molar-refractivity contribution is 0.0606. The fourth-order valence-corrected chi connectivity index (χ4v) is 4.24. The second-order valence-corrected chi connectivity index (χ2v) is 9.52. The smallest absolute Gasteiger partial charge is 0.348 e. The highest BCUT2D eigenvalue weighted by Gasteiger charge is 2.19. The summed E-state index contributed by atoms with van der Waals surface area (Å²) in [4.78, 5) is 25.1. The molecule has 8 nitrogen and oxygen atoms in total. The van der Waals surface area contributed by atoms with Gasteiger partial charge in [-0.25, -0.2) is 13.2 Å². The number of thiophene rings is 1. The molecule has 1 N–H and O–H groups in total. The Kier molecular flexibility index (Phi) is 5.99. The lowest BCUT2D eigenvalue weighted by Crippen LogP contribution is -2.25. The van der Waals surface area contributed by atoms with Gasteiger partial charge in [-0.15, -0.1) is 11.3 Å². The predicted octanol–water partition coefficient (Wildman–Crippen LogP) is 3.34. The van der Waals surface area contributed by atoms with E-state index in [0.29, 0.717) is 22.0 Å². The van der Waals surface area contributed by atoms with Gasteiger partial charge < -0.3 is 14.8 Å². The van der Waals surface area contributed by atoms with Crippen molar-refractivity contribution in [2.75, 3.05) is 37.1 Å². The van der Waals surface area contributed by atoms with Crippen molar-refractivity contribution in [1.82, 2.24) is 0 Å². The maximum atomic E-state index is 12.9. The number of sulfonamides is 1. The number of hydrogen-bond acceptors (Lipinski definition) is 7. The molecular weight excluding hydrogens is 428 g/mol. The first-order chi connectivity index (χ1) is 14.1. The predicted molar refractivity (Wildman–Crippen MR) is 117 cm³/mol. The van der Waals surface area contributed by atoms with Crippen LogP contribution in [-0.2, 0) is 14.8 Å². The third kappa shape index (κ3) is 4.39. The van der Waals surface area contributed by atoms with Crippen LogP contribution in [0.15, 0.2) is 42.5 Å². The number of rotatable bonds is 6. The van der Waals surface area contributed by atoms with E-state index in [1.54, 1.807) is 30.3 Å². The maximum Gasteiger partial charge on any atom is 0.348 e. The third-order valence-corrected chi connectivity index (χ3v) is 6.75. The normalized spacial score (nSPS) is 11.2. The Morgan fingerprint density at radius 2 is 1.80 bits per heavy atom. The quantitative estimate of drug-likeness (QED) is 0.580. The van der Waals surface area contributed by atoms with Gasteiger partial charge in [0.2, 0.25) is 10.0 Å². The highest BCUT2D eigenvalue weighted by molar-refractivity contribution is 7.92.